The van der Waals surface area contributed by atoms with E-state index in [1.165, 1.54) is 32.2 Å². The predicted octanol–water partition coefficient (Wildman–Crippen LogP) is 6.11. The normalized spacial score (nSPS) is 28.9. The first kappa shape index (κ1) is 25.6. The molecule has 2 aliphatic rings. The summed E-state index contributed by atoms with van der Waals surface area (Å²) in [6.45, 7) is 12.1. The van der Waals surface area contributed by atoms with Crippen LogP contribution in [0.5, 0.6) is 0 Å². The summed E-state index contributed by atoms with van der Waals surface area (Å²) >= 11 is 0. The highest BCUT2D eigenvalue weighted by Gasteiger charge is 2.43. The summed E-state index contributed by atoms with van der Waals surface area (Å²) in [5, 5.41) is 21.1. The molecule has 0 aromatic rings. The summed E-state index contributed by atoms with van der Waals surface area (Å²) in [6.07, 6.45) is 17.5. The number of aliphatic hydroxyl groups excluding tert-OH is 1. The molecule has 30 heavy (non-hydrogen) atoms. The molecule has 2 rings (SSSR count). The van der Waals surface area contributed by atoms with Crippen molar-refractivity contribution in [2.45, 2.75) is 116 Å². The number of hydrogen-bond acceptors (Lipinski definition) is 3. The molecule has 2 N–H and O–H groups in total. The minimum Gasteiger partial charge on any atom is -0.392 e. The average Bonchev–Trinajstić information content (AvgIpc) is 3.16. The average molecular weight is 420 g/mol. The molecule has 3 heteroatoms. The van der Waals surface area contributed by atoms with Crippen molar-refractivity contribution in [3.63, 3.8) is 0 Å². The fraction of sp³-hybridized carbons (Fsp3) is 0.852. The maximum Gasteiger partial charge on any atom is 0.0654 e. The van der Waals surface area contributed by atoms with E-state index in [1.54, 1.807) is 5.57 Å². The summed E-state index contributed by atoms with van der Waals surface area (Å²) in [4.78, 5) is 2.45. The Bertz CT molecular complexity index is 572. The van der Waals surface area contributed by atoms with Crippen LogP contribution in [0, 0.1) is 17.8 Å². The van der Waals surface area contributed by atoms with Crippen LogP contribution in [-0.4, -0.2) is 45.9 Å². The van der Waals surface area contributed by atoms with Crippen molar-refractivity contribution in [1.82, 2.24) is 4.90 Å². The van der Waals surface area contributed by atoms with Crippen molar-refractivity contribution in [2.24, 2.45) is 17.8 Å². The Morgan fingerprint density at radius 2 is 1.87 bits per heavy atom. The molecule has 0 heterocycles. The summed E-state index contributed by atoms with van der Waals surface area (Å²) in [5.74, 6) is 1.38. The molecule has 3 nitrogen and oxygen atoms in total. The van der Waals surface area contributed by atoms with Crippen molar-refractivity contribution in [3.05, 3.63) is 23.8 Å². The van der Waals surface area contributed by atoms with Gasteiger partial charge in [0.15, 0.2) is 0 Å². The lowest BCUT2D eigenvalue weighted by Gasteiger charge is -2.31. The quantitative estimate of drug-likeness (QED) is 0.296. The molecule has 5 atom stereocenters. The Balaban J connectivity index is 1.73. The lowest BCUT2D eigenvalue weighted by Crippen LogP contribution is -2.38. The SMILES string of the molecule is CCCC[C@](C)(O)C/C=C/[C@@H]1[C@H]2CC(CCCCCN(C)C(C)(C)C)=C[C@H]2C[C@H]1O. The number of nitrogens with zero attached hydrogens (tertiary/aromatic N) is 1. The molecular formula is C27H49NO2. The van der Waals surface area contributed by atoms with Gasteiger partial charge in [-0.3, -0.25) is 0 Å². The molecule has 1 saturated carbocycles. The molecule has 0 aromatic carbocycles. The maximum absolute atomic E-state index is 10.6. The summed E-state index contributed by atoms with van der Waals surface area (Å²) in [5.41, 5.74) is 1.27. The van der Waals surface area contributed by atoms with E-state index in [0.29, 0.717) is 18.3 Å². The van der Waals surface area contributed by atoms with Crippen LogP contribution in [-0.2, 0) is 0 Å². The first-order valence-electron chi connectivity index (χ1n) is 12.5. The number of aliphatic hydroxyl groups is 2. The molecule has 174 valence electrons. The van der Waals surface area contributed by atoms with Gasteiger partial charge in [0.25, 0.3) is 0 Å². The Morgan fingerprint density at radius 1 is 1.13 bits per heavy atom. The van der Waals surface area contributed by atoms with Gasteiger partial charge in [-0.2, -0.15) is 0 Å². The number of allylic oxidation sites excluding steroid dienone is 2. The van der Waals surface area contributed by atoms with Crippen LogP contribution in [0.3, 0.4) is 0 Å². The predicted molar refractivity (Wildman–Crippen MR) is 129 cm³/mol. The fourth-order valence-electron chi connectivity index (χ4n) is 5.14. The van der Waals surface area contributed by atoms with E-state index in [-0.39, 0.29) is 17.6 Å². The van der Waals surface area contributed by atoms with Crippen molar-refractivity contribution >= 4 is 0 Å². The highest BCUT2D eigenvalue weighted by Crippen LogP contribution is 2.48. The van der Waals surface area contributed by atoms with E-state index < -0.39 is 5.60 Å². The first-order chi connectivity index (χ1) is 14.0. The Labute approximate surface area is 186 Å². The highest BCUT2D eigenvalue weighted by atomic mass is 16.3. The molecule has 0 unspecified atom stereocenters. The Morgan fingerprint density at radius 3 is 2.53 bits per heavy atom. The second-order valence-corrected chi connectivity index (χ2v) is 11.4. The molecule has 1 fully saturated rings. The van der Waals surface area contributed by atoms with Gasteiger partial charge < -0.3 is 15.1 Å². The molecule has 0 aromatic heterocycles. The van der Waals surface area contributed by atoms with Gasteiger partial charge in [-0.15, -0.1) is 0 Å². The fourth-order valence-corrected chi connectivity index (χ4v) is 5.14. The van der Waals surface area contributed by atoms with Gasteiger partial charge in [-0.05, 0) is 98.1 Å². The van der Waals surface area contributed by atoms with E-state index in [2.05, 4.69) is 57.9 Å². The third-order valence-electron chi connectivity index (χ3n) is 7.57. The second-order valence-electron chi connectivity index (χ2n) is 11.4. The molecular weight excluding hydrogens is 370 g/mol. The lowest BCUT2D eigenvalue weighted by atomic mass is 9.87. The van der Waals surface area contributed by atoms with Crippen LogP contribution < -0.4 is 0 Å². The van der Waals surface area contributed by atoms with Crippen molar-refractivity contribution in [2.75, 3.05) is 13.6 Å². The van der Waals surface area contributed by atoms with Crippen LogP contribution >= 0.6 is 0 Å². The monoisotopic (exact) mass is 419 g/mol. The molecule has 0 saturated heterocycles. The third kappa shape index (κ3) is 7.80. The van der Waals surface area contributed by atoms with Gasteiger partial charge >= 0.3 is 0 Å². The van der Waals surface area contributed by atoms with Gasteiger partial charge in [0.1, 0.15) is 0 Å². The molecule has 0 radical (unpaired) electrons. The molecule has 0 amide bonds. The summed E-state index contributed by atoms with van der Waals surface area (Å²) in [6, 6.07) is 0. The van der Waals surface area contributed by atoms with E-state index in [9.17, 15) is 10.2 Å². The van der Waals surface area contributed by atoms with E-state index in [0.717, 1.165) is 32.1 Å². The topological polar surface area (TPSA) is 43.7 Å². The number of rotatable bonds is 12. The zero-order chi connectivity index (χ0) is 22.4. The highest BCUT2D eigenvalue weighted by molar-refractivity contribution is 5.20. The van der Waals surface area contributed by atoms with Crippen molar-refractivity contribution < 1.29 is 10.2 Å². The summed E-state index contributed by atoms with van der Waals surface area (Å²) in [7, 11) is 2.23. The number of hydrogen-bond donors (Lipinski definition) is 2. The summed E-state index contributed by atoms with van der Waals surface area (Å²) < 4.78 is 0. The van der Waals surface area contributed by atoms with Gasteiger partial charge in [0, 0.05) is 11.5 Å². The smallest absolute Gasteiger partial charge is 0.0654 e. The minimum atomic E-state index is -0.615. The van der Waals surface area contributed by atoms with Crippen LogP contribution in [0.15, 0.2) is 23.8 Å². The second kappa shape index (κ2) is 11.3. The lowest BCUT2D eigenvalue weighted by molar-refractivity contribution is 0.0513. The number of unbranched alkanes of at least 4 members (excludes halogenated alkanes) is 3. The molecule has 2 aliphatic carbocycles. The van der Waals surface area contributed by atoms with Gasteiger partial charge in [-0.25, -0.2) is 0 Å². The van der Waals surface area contributed by atoms with E-state index in [1.807, 2.05) is 6.92 Å². The van der Waals surface area contributed by atoms with Crippen LogP contribution in [0.1, 0.15) is 98.8 Å². The third-order valence-corrected chi connectivity index (χ3v) is 7.57. The maximum atomic E-state index is 10.6. The van der Waals surface area contributed by atoms with Gasteiger partial charge in [0.05, 0.1) is 11.7 Å². The van der Waals surface area contributed by atoms with E-state index >= 15 is 0 Å². The zero-order valence-corrected chi connectivity index (χ0v) is 20.7. The van der Waals surface area contributed by atoms with Crippen molar-refractivity contribution in [1.29, 1.82) is 0 Å². The molecule has 0 aliphatic heterocycles. The van der Waals surface area contributed by atoms with Crippen molar-refractivity contribution in [3.8, 4) is 0 Å². The van der Waals surface area contributed by atoms with E-state index in [4.69, 9.17) is 0 Å². The largest absolute Gasteiger partial charge is 0.392 e. The Kier molecular flexibility index (Phi) is 9.64. The molecule has 0 spiro atoms. The first-order valence-corrected chi connectivity index (χ1v) is 12.5. The Hall–Kier alpha value is -0.640. The van der Waals surface area contributed by atoms with Crippen LogP contribution in [0.4, 0.5) is 0 Å². The standard InChI is InChI=1S/C27H49NO2/c1-7-8-15-27(5,30)16-12-14-23-24-19-21(18-22(24)20-25(23)29)13-10-9-11-17-28(6)26(2,3)4/h12,14,18,22-25,29-30H,7-11,13,15-17,19-20H2,1-6H3/b14-12+/t22-,23+,24-,25+,27-/m0/s1. The number of fused-ring (bicyclic) bond motifs is 1. The van der Waals surface area contributed by atoms with Crippen LogP contribution in [0.25, 0.3) is 0 Å². The zero-order valence-electron chi connectivity index (χ0n) is 20.7. The van der Waals surface area contributed by atoms with Gasteiger partial charge in [-0.1, -0.05) is 50.0 Å². The minimum absolute atomic E-state index is 0.220. The molecule has 0 bridgehead atoms. The van der Waals surface area contributed by atoms with Crippen LogP contribution in [0.2, 0.25) is 0 Å². The van der Waals surface area contributed by atoms with Gasteiger partial charge in [0.2, 0.25) is 0 Å².